The van der Waals surface area contributed by atoms with Crippen molar-refractivity contribution in [3.05, 3.63) is 30.5 Å². The van der Waals surface area contributed by atoms with E-state index in [4.69, 9.17) is 15.2 Å². The van der Waals surface area contributed by atoms with Gasteiger partial charge in [-0.25, -0.2) is 0 Å². The van der Waals surface area contributed by atoms with Crippen LogP contribution in [0.25, 0.3) is 11.1 Å². The molecule has 0 amide bonds. The lowest BCUT2D eigenvalue weighted by atomic mass is 10.1. The molecule has 1 aliphatic heterocycles. The summed E-state index contributed by atoms with van der Waals surface area (Å²) in [5, 5.41) is 4.15. The van der Waals surface area contributed by atoms with Crippen LogP contribution >= 0.6 is 0 Å². The van der Waals surface area contributed by atoms with E-state index in [0.717, 1.165) is 36.3 Å². The Morgan fingerprint density at radius 3 is 2.75 bits per heavy atom. The third kappa shape index (κ3) is 2.63. The van der Waals surface area contributed by atoms with E-state index in [1.807, 2.05) is 31.3 Å². The van der Waals surface area contributed by atoms with E-state index in [9.17, 15) is 0 Å². The van der Waals surface area contributed by atoms with Crippen LogP contribution in [0.5, 0.6) is 5.75 Å². The molecule has 2 aromatic rings. The molecule has 0 spiro atoms. The fourth-order valence-electron chi connectivity index (χ4n) is 2.38. The predicted molar refractivity (Wildman–Crippen MR) is 77.5 cm³/mol. The highest BCUT2D eigenvalue weighted by atomic mass is 16.5. The Bertz CT molecular complexity index is 571. The first-order valence-electron chi connectivity index (χ1n) is 6.86. The molecule has 1 unspecified atom stereocenters. The number of rotatable bonds is 3. The lowest BCUT2D eigenvalue weighted by Crippen LogP contribution is -2.27. The number of benzene rings is 1. The fraction of sp³-hybridized carbons (Fsp3) is 0.400. The Morgan fingerprint density at radius 1 is 1.35 bits per heavy atom. The van der Waals surface area contributed by atoms with Gasteiger partial charge in [-0.2, -0.15) is 5.10 Å². The molecule has 2 heterocycles. The van der Waals surface area contributed by atoms with Crippen LogP contribution in [0, 0.1) is 0 Å². The van der Waals surface area contributed by atoms with Gasteiger partial charge in [-0.15, -0.1) is 0 Å². The molecule has 106 valence electrons. The zero-order chi connectivity index (χ0) is 13.9. The topological polar surface area (TPSA) is 62.3 Å². The van der Waals surface area contributed by atoms with Crippen LogP contribution < -0.4 is 10.5 Å². The van der Waals surface area contributed by atoms with Gasteiger partial charge in [0, 0.05) is 19.2 Å². The number of nitrogen functional groups attached to an aromatic ring is 1. The largest absolute Gasteiger partial charge is 0.488 e. The van der Waals surface area contributed by atoms with E-state index in [-0.39, 0.29) is 6.10 Å². The van der Waals surface area contributed by atoms with E-state index < -0.39 is 0 Å². The van der Waals surface area contributed by atoms with Crippen LogP contribution in [-0.2, 0) is 11.8 Å². The van der Waals surface area contributed by atoms with Crippen LogP contribution in [0.3, 0.4) is 0 Å². The van der Waals surface area contributed by atoms with Crippen molar-refractivity contribution in [2.45, 2.75) is 18.9 Å². The van der Waals surface area contributed by atoms with Crippen LogP contribution in [0.1, 0.15) is 12.8 Å². The molecule has 3 rings (SSSR count). The van der Waals surface area contributed by atoms with Crippen molar-refractivity contribution in [1.82, 2.24) is 9.78 Å². The summed E-state index contributed by atoms with van der Waals surface area (Å²) < 4.78 is 13.0. The molecule has 0 radical (unpaired) electrons. The highest BCUT2D eigenvalue weighted by Crippen LogP contribution is 2.27. The van der Waals surface area contributed by atoms with Gasteiger partial charge in [-0.05, 0) is 30.5 Å². The quantitative estimate of drug-likeness (QED) is 0.931. The summed E-state index contributed by atoms with van der Waals surface area (Å²) >= 11 is 0. The molecule has 1 aromatic carbocycles. The van der Waals surface area contributed by atoms with Crippen molar-refractivity contribution < 1.29 is 9.47 Å². The second-order valence-electron chi connectivity index (χ2n) is 5.05. The van der Waals surface area contributed by atoms with Crippen molar-refractivity contribution in [3.63, 3.8) is 0 Å². The average Bonchev–Trinajstić information content (AvgIpc) is 2.81. The molecular weight excluding hydrogens is 254 g/mol. The third-order valence-electron chi connectivity index (χ3n) is 3.57. The molecular formula is C15H19N3O2. The minimum absolute atomic E-state index is 0.165. The summed E-state index contributed by atoms with van der Waals surface area (Å²) in [4.78, 5) is 0. The average molecular weight is 273 g/mol. The number of aromatic nitrogens is 2. The van der Waals surface area contributed by atoms with Crippen molar-refractivity contribution in [3.8, 4) is 16.9 Å². The molecule has 0 aliphatic carbocycles. The summed E-state index contributed by atoms with van der Waals surface area (Å²) in [6, 6.07) is 7.95. The minimum Gasteiger partial charge on any atom is -0.488 e. The SMILES string of the molecule is Cn1ncc(-c2ccc(OC3CCCOC3)cc2)c1N. The molecule has 1 aromatic heterocycles. The van der Waals surface area contributed by atoms with Gasteiger partial charge in [0.05, 0.1) is 12.8 Å². The maximum absolute atomic E-state index is 5.97. The molecule has 0 saturated carbocycles. The molecule has 1 saturated heterocycles. The van der Waals surface area contributed by atoms with Gasteiger partial charge in [-0.3, -0.25) is 4.68 Å². The second kappa shape index (κ2) is 5.54. The molecule has 5 nitrogen and oxygen atoms in total. The summed E-state index contributed by atoms with van der Waals surface area (Å²) in [5.41, 5.74) is 7.96. The highest BCUT2D eigenvalue weighted by molar-refractivity contribution is 5.73. The van der Waals surface area contributed by atoms with Gasteiger partial charge in [-0.1, -0.05) is 12.1 Å². The number of hydrogen-bond donors (Lipinski definition) is 1. The van der Waals surface area contributed by atoms with Gasteiger partial charge in [0.1, 0.15) is 17.7 Å². The van der Waals surface area contributed by atoms with Crippen molar-refractivity contribution in [2.24, 2.45) is 7.05 Å². The normalized spacial score (nSPS) is 18.9. The third-order valence-corrected chi connectivity index (χ3v) is 3.57. The Labute approximate surface area is 118 Å². The zero-order valence-corrected chi connectivity index (χ0v) is 11.6. The first-order valence-corrected chi connectivity index (χ1v) is 6.86. The Hall–Kier alpha value is -2.01. The first kappa shape index (κ1) is 13.0. The highest BCUT2D eigenvalue weighted by Gasteiger charge is 2.15. The van der Waals surface area contributed by atoms with Crippen LogP contribution in [0.4, 0.5) is 5.82 Å². The van der Waals surface area contributed by atoms with Crippen LogP contribution in [0.15, 0.2) is 30.5 Å². The van der Waals surface area contributed by atoms with E-state index in [0.29, 0.717) is 12.4 Å². The molecule has 1 aliphatic rings. The lowest BCUT2D eigenvalue weighted by molar-refractivity contribution is 0.00744. The van der Waals surface area contributed by atoms with Crippen molar-refractivity contribution in [2.75, 3.05) is 18.9 Å². The minimum atomic E-state index is 0.165. The smallest absolute Gasteiger partial charge is 0.129 e. The maximum Gasteiger partial charge on any atom is 0.129 e. The molecule has 0 bridgehead atoms. The van der Waals surface area contributed by atoms with E-state index >= 15 is 0 Å². The van der Waals surface area contributed by atoms with Gasteiger partial charge in [0.25, 0.3) is 0 Å². The molecule has 2 N–H and O–H groups in total. The van der Waals surface area contributed by atoms with Gasteiger partial charge >= 0.3 is 0 Å². The molecule has 1 atom stereocenters. The van der Waals surface area contributed by atoms with Crippen molar-refractivity contribution in [1.29, 1.82) is 0 Å². The van der Waals surface area contributed by atoms with Crippen molar-refractivity contribution >= 4 is 5.82 Å². The number of nitrogens with two attached hydrogens (primary N) is 1. The van der Waals surface area contributed by atoms with E-state index in [1.165, 1.54) is 0 Å². The summed E-state index contributed by atoms with van der Waals surface area (Å²) in [5.74, 6) is 1.53. The molecule has 1 fully saturated rings. The summed E-state index contributed by atoms with van der Waals surface area (Å²) in [7, 11) is 1.83. The van der Waals surface area contributed by atoms with Crippen LogP contribution in [0.2, 0.25) is 0 Å². The standard InChI is InChI=1S/C15H19N3O2/c1-18-15(16)14(9-17-18)11-4-6-12(7-5-11)20-13-3-2-8-19-10-13/h4-7,9,13H,2-3,8,10,16H2,1H3. The van der Waals surface area contributed by atoms with Gasteiger partial charge in [0.15, 0.2) is 0 Å². The Morgan fingerprint density at radius 2 is 2.15 bits per heavy atom. The first-order chi connectivity index (χ1) is 9.74. The number of anilines is 1. The number of aryl methyl sites for hydroxylation is 1. The van der Waals surface area contributed by atoms with E-state index in [2.05, 4.69) is 5.10 Å². The monoisotopic (exact) mass is 273 g/mol. The second-order valence-corrected chi connectivity index (χ2v) is 5.05. The van der Waals surface area contributed by atoms with Gasteiger partial charge in [0.2, 0.25) is 0 Å². The Balaban J connectivity index is 1.72. The summed E-state index contributed by atoms with van der Waals surface area (Å²) in [6.45, 7) is 1.52. The molecule has 5 heteroatoms. The van der Waals surface area contributed by atoms with Crippen LogP contribution in [-0.4, -0.2) is 29.1 Å². The van der Waals surface area contributed by atoms with Gasteiger partial charge < -0.3 is 15.2 Å². The Kier molecular flexibility index (Phi) is 3.60. The molecule has 20 heavy (non-hydrogen) atoms. The summed E-state index contributed by atoms with van der Waals surface area (Å²) in [6.07, 6.45) is 4.06. The lowest BCUT2D eigenvalue weighted by Gasteiger charge is -2.23. The predicted octanol–water partition coefficient (Wildman–Crippen LogP) is 2.23. The number of hydrogen-bond acceptors (Lipinski definition) is 4. The van der Waals surface area contributed by atoms with E-state index in [1.54, 1.807) is 10.9 Å². The fourth-order valence-corrected chi connectivity index (χ4v) is 2.38. The number of nitrogens with zero attached hydrogens (tertiary/aromatic N) is 2. The number of ether oxygens (including phenoxy) is 2. The maximum atomic E-state index is 5.97. The zero-order valence-electron chi connectivity index (χ0n) is 11.6.